The molecular formula is C25H25ClN2O3S. The van der Waals surface area contributed by atoms with Crippen molar-refractivity contribution in [2.75, 3.05) is 6.54 Å². The lowest BCUT2D eigenvalue weighted by molar-refractivity contribution is -0.135. The van der Waals surface area contributed by atoms with Crippen LogP contribution in [0, 0.1) is 0 Å². The van der Waals surface area contributed by atoms with Crippen LogP contribution >= 0.6 is 11.6 Å². The standard InChI is InChI=1S/C25H25ClN2O3S/c26-22-13-15-23(16-14-22)32(30,31)28-17-7-12-24(28)25(29)27(18-20-8-3-1-4-9-20)19-21-10-5-2-6-11-21/h1-6,8-11,13-16,24H,7,12,17-19H2. The number of benzene rings is 3. The minimum atomic E-state index is -3.80. The third-order valence-corrected chi connectivity index (χ3v) is 7.83. The Morgan fingerprint density at radius 2 is 1.41 bits per heavy atom. The molecule has 1 atom stereocenters. The summed E-state index contributed by atoms with van der Waals surface area (Å²) in [7, 11) is -3.80. The molecule has 0 aromatic heterocycles. The lowest BCUT2D eigenvalue weighted by Crippen LogP contribution is -2.47. The third-order valence-electron chi connectivity index (χ3n) is 5.65. The summed E-state index contributed by atoms with van der Waals surface area (Å²) in [6, 6.07) is 24.9. The summed E-state index contributed by atoms with van der Waals surface area (Å²) < 4.78 is 28.0. The van der Waals surface area contributed by atoms with Gasteiger partial charge in [-0.3, -0.25) is 4.79 Å². The second-order valence-corrected chi connectivity index (χ2v) is 10.2. The second-order valence-electron chi connectivity index (χ2n) is 7.89. The van der Waals surface area contributed by atoms with Crippen molar-refractivity contribution in [2.24, 2.45) is 0 Å². The molecular weight excluding hydrogens is 444 g/mol. The van der Waals surface area contributed by atoms with Crippen LogP contribution in [0.2, 0.25) is 5.02 Å². The van der Waals surface area contributed by atoms with Crippen molar-refractivity contribution in [3.63, 3.8) is 0 Å². The van der Waals surface area contributed by atoms with Gasteiger partial charge in [-0.2, -0.15) is 4.31 Å². The van der Waals surface area contributed by atoms with Crippen LogP contribution in [0.1, 0.15) is 24.0 Å². The van der Waals surface area contributed by atoms with E-state index in [2.05, 4.69) is 0 Å². The van der Waals surface area contributed by atoms with E-state index < -0.39 is 16.1 Å². The van der Waals surface area contributed by atoms with Crippen LogP contribution in [0.25, 0.3) is 0 Å². The molecule has 7 heteroatoms. The van der Waals surface area contributed by atoms with Crippen LogP contribution in [0.15, 0.2) is 89.8 Å². The maximum Gasteiger partial charge on any atom is 0.243 e. The number of sulfonamides is 1. The Bertz CT molecular complexity index is 1110. The molecule has 3 aromatic rings. The molecule has 0 spiro atoms. The molecule has 1 aliphatic heterocycles. The molecule has 3 aromatic carbocycles. The first kappa shape index (κ1) is 22.5. The molecule has 1 amide bonds. The molecule has 1 heterocycles. The molecule has 0 radical (unpaired) electrons. The lowest BCUT2D eigenvalue weighted by Gasteiger charge is -2.30. The number of carbonyl (C=O) groups excluding carboxylic acids is 1. The van der Waals surface area contributed by atoms with Gasteiger partial charge in [-0.25, -0.2) is 8.42 Å². The van der Waals surface area contributed by atoms with Crippen molar-refractivity contribution in [1.29, 1.82) is 0 Å². The number of hydrogen-bond acceptors (Lipinski definition) is 3. The number of halogens is 1. The second kappa shape index (κ2) is 9.86. The molecule has 1 unspecified atom stereocenters. The van der Waals surface area contributed by atoms with Gasteiger partial charge in [0.05, 0.1) is 4.90 Å². The summed E-state index contributed by atoms with van der Waals surface area (Å²) in [5.74, 6) is -0.173. The first-order valence-corrected chi connectivity index (χ1v) is 12.4. The van der Waals surface area contributed by atoms with Gasteiger partial charge >= 0.3 is 0 Å². The molecule has 0 saturated carbocycles. The fourth-order valence-electron chi connectivity index (χ4n) is 4.05. The summed E-state index contributed by atoms with van der Waals surface area (Å²) >= 11 is 5.93. The number of amides is 1. The van der Waals surface area contributed by atoms with Gasteiger partial charge < -0.3 is 4.90 Å². The van der Waals surface area contributed by atoms with E-state index in [1.807, 2.05) is 60.7 Å². The zero-order chi connectivity index (χ0) is 22.6. The summed E-state index contributed by atoms with van der Waals surface area (Å²) in [5, 5.41) is 0.467. The highest BCUT2D eigenvalue weighted by Crippen LogP contribution is 2.29. The van der Waals surface area contributed by atoms with Crippen molar-refractivity contribution in [3.8, 4) is 0 Å². The molecule has 1 aliphatic rings. The summed E-state index contributed by atoms with van der Waals surface area (Å²) in [5.41, 5.74) is 2.00. The van der Waals surface area contributed by atoms with Crippen molar-refractivity contribution in [1.82, 2.24) is 9.21 Å². The number of nitrogens with zero attached hydrogens (tertiary/aromatic N) is 2. The van der Waals surface area contributed by atoms with Crippen molar-refractivity contribution in [2.45, 2.75) is 36.9 Å². The third kappa shape index (κ3) is 5.04. The fraction of sp³-hybridized carbons (Fsp3) is 0.240. The van der Waals surface area contributed by atoms with E-state index in [-0.39, 0.29) is 10.8 Å². The molecule has 0 bridgehead atoms. The van der Waals surface area contributed by atoms with Gasteiger partial charge in [0, 0.05) is 24.7 Å². The molecule has 1 fully saturated rings. The average molecular weight is 469 g/mol. The molecule has 32 heavy (non-hydrogen) atoms. The minimum absolute atomic E-state index is 0.152. The van der Waals surface area contributed by atoms with E-state index >= 15 is 0 Å². The van der Waals surface area contributed by atoms with Gasteiger partial charge in [0.1, 0.15) is 6.04 Å². The molecule has 0 N–H and O–H groups in total. The zero-order valence-electron chi connectivity index (χ0n) is 17.6. The Hall–Kier alpha value is -2.67. The molecule has 5 nitrogen and oxygen atoms in total. The van der Waals surface area contributed by atoms with Gasteiger partial charge in [0.25, 0.3) is 0 Å². The monoisotopic (exact) mass is 468 g/mol. The normalized spacial score (nSPS) is 16.7. The largest absolute Gasteiger partial charge is 0.333 e. The smallest absolute Gasteiger partial charge is 0.243 e. The van der Waals surface area contributed by atoms with Gasteiger partial charge in [-0.1, -0.05) is 72.3 Å². The van der Waals surface area contributed by atoms with Gasteiger partial charge in [0.15, 0.2) is 0 Å². The predicted molar refractivity (Wildman–Crippen MR) is 126 cm³/mol. The van der Waals surface area contributed by atoms with Gasteiger partial charge in [-0.05, 0) is 48.2 Å². The van der Waals surface area contributed by atoms with E-state index in [0.29, 0.717) is 37.5 Å². The van der Waals surface area contributed by atoms with Crippen molar-refractivity contribution in [3.05, 3.63) is 101 Å². The highest BCUT2D eigenvalue weighted by molar-refractivity contribution is 7.89. The fourth-order valence-corrected chi connectivity index (χ4v) is 5.82. The average Bonchev–Trinajstić information content (AvgIpc) is 3.31. The van der Waals surface area contributed by atoms with Gasteiger partial charge in [-0.15, -0.1) is 0 Å². The highest BCUT2D eigenvalue weighted by atomic mass is 35.5. The highest BCUT2D eigenvalue weighted by Gasteiger charge is 2.41. The number of hydrogen-bond donors (Lipinski definition) is 0. The van der Waals surface area contributed by atoms with Crippen LogP contribution in [0.4, 0.5) is 0 Å². The SMILES string of the molecule is O=C(C1CCCN1S(=O)(=O)c1ccc(Cl)cc1)N(Cc1ccccc1)Cc1ccccc1. The van der Waals surface area contributed by atoms with Crippen LogP contribution in [0.3, 0.4) is 0 Å². The van der Waals surface area contributed by atoms with E-state index in [1.54, 1.807) is 17.0 Å². The van der Waals surface area contributed by atoms with Gasteiger partial charge in [0.2, 0.25) is 15.9 Å². The number of rotatable bonds is 7. The first-order chi connectivity index (χ1) is 15.4. The maximum absolute atomic E-state index is 13.7. The Labute approximate surface area is 194 Å². The van der Waals surface area contributed by atoms with E-state index in [1.165, 1.54) is 16.4 Å². The zero-order valence-corrected chi connectivity index (χ0v) is 19.2. The van der Waals surface area contributed by atoms with Crippen LogP contribution in [0.5, 0.6) is 0 Å². The summed E-state index contributed by atoms with van der Waals surface area (Å²) in [6.45, 7) is 1.16. The molecule has 1 saturated heterocycles. The van der Waals surface area contributed by atoms with E-state index in [0.717, 1.165) is 11.1 Å². The Morgan fingerprint density at radius 1 is 0.875 bits per heavy atom. The maximum atomic E-state index is 13.7. The first-order valence-electron chi connectivity index (χ1n) is 10.6. The summed E-state index contributed by atoms with van der Waals surface area (Å²) in [4.78, 5) is 15.6. The van der Waals surface area contributed by atoms with E-state index in [9.17, 15) is 13.2 Å². The Balaban J connectivity index is 1.62. The molecule has 166 valence electrons. The summed E-state index contributed by atoms with van der Waals surface area (Å²) in [6.07, 6.45) is 1.15. The topological polar surface area (TPSA) is 57.7 Å². The Morgan fingerprint density at radius 3 is 1.94 bits per heavy atom. The van der Waals surface area contributed by atoms with Crippen molar-refractivity contribution >= 4 is 27.5 Å². The molecule has 0 aliphatic carbocycles. The van der Waals surface area contributed by atoms with Crippen molar-refractivity contribution < 1.29 is 13.2 Å². The Kier molecular flexibility index (Phi) is 6.94. The van der Waals surface area contributed by atoms with Crippen LogP contribution in [-0.2, 0) is 27.9 Å². The predicted octanol–water partition coefficient (Wildman–Crippen LogP) is 4.72. The molecule has 4 rings (SSSR count). The van der Waals surface area contributed by atoms with E-state index in [4.69, 9.17) is 11.6 Å². The number of carbonyl (C=O) groups is 1. The quantitative estimate of drug-likeness (QED) is 0.504. The van der Waals surface area contributed by atoms with Crippen LogP contribution < -0.4 is 0 Å². The van der Waals surface area contributed by atoms with Crippen LogP contribution in [-0.4, -0.2) is 36.1 Å². The minimum Gasteiger partial charge on any atom is -0.333 e. The lowest BCUT2D eigenvalue weighted by atomic mass is 10.1.